The van der Waals surface area contributed by atoms with Crippen LogP contribution in [0.15, 0.2) is 108 Å². The first-order valence-electron chi connectivity index (χ1n) is 17.4. The van der Waals surface area contributed by atoms with Crippen LogP contribution in [0.4, 0.5) is 11.4 Å². The smallest absolute Gasteiger partial charge is 0.237 e. The standard InChI is InChI=1S/C43H44N2O3/c1-7-9-19-44-35-23-29-17-13-11-15-27(29)21-33(35)42(3,4)37(44)25-31-39(46)32(41(48)40(31)47)26-38-43(5,6)34-22-28-16-12-14-18-30(28)24-36(34)45(38)20-10-8-2/h11-18,21-26H,7-10,19-20H2,1-6H3/p+1. The van der Waals surface area contributed by atoms with Crippen molar-refractivity contribution in [2.45, 2.75) is 78.1 Å². The summed E-state index contributed by atoms with van der Waals surface area (Å²) in [5.74, 6) is -1.54. The number of rotatable bonds is 8. The third kappa shape index (κ3) is 4.86. The second kappa shape index (κ2) is 11.7. The van der Waals surface area contributed by atoms with Crippen LogP contribution in [0.3, 0.4) is 0 Å². The van der Waals surface area contributed by atoms with E-state index in [4.69, 9.17) is 0 Å². The van der Waals surface area contributed by atoms with E-state index in [0.717, 1.165) is 83.1 Å². The molecule has 7 rings (SSSR count). The number of hydrogen-bond acceptors (Lipinski definition) is 4. The van der Waals surface area contributed by atoms with Crippen molar-refractivity contribution in [2.75, 3.05) is 18.0 Å². The third-order valence-electron chi connectivity index (χ3n) is 10.8. The predicted molar refractivity (Wildman–Crippen MR) is 197 cm³/mol. The van der Waals surface area contributed by atoms with E-state index in [1.165, 1.54) is 11.1 Å². The molecule has 4 aromatic rings. The van der Waals surface area contributed by atoms with Crippen LogP contribution in [0, 0.1) is 0 Å². The molecule has 0 unspecified atom stereocenters. The van der Waals surface area contributed by atoms with Gasteiger partial charge in [-0.25, -0.2) is 0 Å². The zero-order chi connectivity index (χ0) is 34.0. The largest absolute Gasteiger partial charge is 0.506 e. The van der Waals surface area contributed by atoms with Crippen LogP contribution in [-0.2, 0) is 20.4 Å². The molecule has 0 amide bonds. The summed E-state index contributed by atoms with van der Waals surface area (Å²) in [6, 6.07) is 25.7. The van der Waals surface area contributed by atoms with Gasteiger partial charge in [0.05, 0.1) is 16.6 Å². The van der Waals surface area contributed by atoms with Crippen molar-refractivity contribution in [3.8, 4) is 0 Å². The first-order chi connectivity index (χ1) is 23.0. The van der Waals surface area contributed by atoms with E-state index in [1.54, 1.807) is 12.2 Å². The summed E-state index contributed by atoms with van der Waals surface area (Å²) in [6.45, 7) is 14.6. The number of benzene rings is 4. The number of fused-ring (bicyclic) bond motifs is 4. The molecular formula is C43H45N2O3+. The number of allylic oxidation sites excluding steroid dienone is 5. The minimum Gasteiger partial charge on any atom is -0.506 e. The number of Topliss-reactive ketones (excluding diaryl/α,β-unsaturated/α-hetero) is 2. The van der Waals surface area contributed by atoms with E-state index in [2.05, 4.69) is 124 Å². The molecule has 2 heterocycles. The van der Waals surface area contributed by atoms with Crippen LogP contribution in [0.5, 0.6) is 0 Å². The molecule has 0 saturated heterocycles. The van der Waals surface area contributed by atoms with Crippen molar-refractivity contribution in [1.82, 2.24) is 0 Å². The van der Waals surface area contributed by atoms with E-state index < -0.39 is 22.4 Å². The second-order valence-corrected chi connectivity index (χ2v) is 14.6. The van der Waals surface area contributed by atoms with E-state index in [0.29, 0.717) is 0 Å². The van der Waals surface area contributed by atoms with Gasteiger partial charge in [0.25, 0.3) is 0 Å². The maximum absolute atomic E-state index is 13.8. The summed E-state index contributed by atoms with van der Waals surface area (Å²) in [5, 5.41) is 16.4. The summed E-state index contributed by atoms with van der Waals surface area (Å²) in [5.41, 5.74) is 5.69. The molecular weight excluding hydrogens is 592 g/mol. The number of unbranched alkanes of at least 4 members (excludes halogenated alkanes) is 2. The monoisotopic (exact) mass is 637 g/mol. The summed E-state index contributed by atoms with van der Waals surface area (Å²) in [7, 11) is 0. The highest BCUT2D eigenvalue weighted by Gasteiger charge is 2.47. The van der Waals surface area contributed by atoms with Gasteiger partial charge in [-0.2, -0.15) is 4.58 Å². The molecule has 0 saturated carbocycles. The minimum atomic E-state index is -0.654. The maximum atomic E-state index is 13.8. The lowest BCUT2D eigenvalue weighted by molar-refractivity contribution is -0.438. The normalized spacial score (nSPS) is 19.9. The molecule has 0 fully saturated rings. The predicted octanol–water partition coefficient (Wildman–Crippen LogP) is 9.54. The Morgan fingerprint density at radius 3 is 1.94 bits per heavy atom. The van der Waals surface area contributed by atoms with Crippen molar-refractivity contribution in [3.63, 3.8) is 0 Å². The Bertz CT molecular complexity index is 2160. The molecule has 0 bridgehead atoms. The average molecular weight is 638 g/mol. The van der Waals surface area contributed by atoms with Gasteiger partial charge in [-0.1, -0.05) is 89.1 Å². The fourth-order valence-corrected chi connectivity index (χ4v) is 7.89. The van der Waals surface area contributed by atoms with Gasteiger partial charge >= 0.3 is 0 Å². The fraction of sp³-hybridized carbons (Fsp3) is 0.326. The SMILES string of the molecule is CCCCN1/C(=C/C2=C(O)C(=C/C3=[N+](CCCC)c4cc5ccccc5cc4C3(C)C)/C(=O)C2=O)C(C)(C)c2cc3ccccc3cc21. The number of ketones is 2. The average Bonchev–Trinajstić information content (AvgIpc) is 3.50. The Balaban J connectivity index is 1.37. The second-order valence-electron chi connectivity index (χ2n) is 14.6. The molecule has 48 heavy (non-hydrogen) atoms. The molecule has 5 heteroatoms. The number of nitrogens with zero attached hydrogens (tertiary/aromatic N) is 2. The lowest BCUT2D eigenvalue weighted by Gasteiger charge is -2.27. The summed E-state index contributed by atoms with van der Waals surface area (Å²) < 4.78 is 2.29. The zero-order valence-corrected chi connectivity index (χ0v) is 29.0. The van der Waals surface area contributed by atoms with Crippen molar-refractivity contribution in [1.29, 1.82) is 0 Å². The van der Waals surface area contributed by atoms with Gasteiger partial charge in [0.1, 0.15) is 12.3 Å². The first kappa shape index (κ1) is 31.8. The molecule has 0 radical (unpaired) electrons. The van der Waals surface area contributed by atoms with Crippen molar-refractivity contribution in [2.24, 2.45) is 0 Å². The third-order valence-corrected chi connectivity index (χ3v) is 10.8. The molecule has 244 valence electrons. The minimum absolute atomic E-state index is 0.0768. The Labute approximate surface area is 283 Å². The Morgan fingerprint density at radius 1 is 0.729 bits per heavy atom. The number of hydrogen-bond donors (Lipinski definition) is 1. The first-order valence-corrected chi connectivity index (χ1v) is 17.4. The van der Waals surface area contributed by atoms with Crippen LogP contribution in [0.1, 0.15) is 78.4 Å². The Kier molecular flexibility index (Phi) is 7.77. The van der Waals surface area contributed by atoms with Gasteiger partial charge in [0, 0.05) is 47.5 Å². The van der Waals surface area contributed by atoms with Gasteiger partial charge in [-0.3, -0.25) is 9.59 Å². The fourth-order valence-electron chi connectivity index (χ4n) is 7.89. The maximum Gasteiger partial charge on any atom is 0.237 e. The zero-order valence-electron chi connectivity index (χ0n) is 29.0. The molecule has 5 nitrogen and oxygen atoms in total. The lowest BCUT2D eigenvalue weighted by Crippen LogP contribution is -2.29. The molecule has 0 atom stereocenters. The number of aliphatic hydroxyl groups is 1. The van der Waals surface area contributed by atoms with E-state index >= 15 is 0 Å². The Hall–Kier alpha value is -4.77. The van der Waals surface area contributed by atoms with Gasteiger partial charge in [0.2, 0.25) is 17.3 Å². The van der Waals surface area contributed by atoms with Gasteiger partial charge in [0.15, 0.2) is 5.71 Å². The van der Waals surface area contributed by atoms with Crippen molar-refractivity contribution in [3.05, 3.63) is 119 Å². The highest BCUT2D eigenvalue weighted by Crippen LogP contribution is 2.50. The van der Waals surface area contributed by atoms with Gasteiger partial charge in [-0.15, -0.1) is 0 Å². The van der Waals surface area contributed by atoms with Crippen molar-refractivity contribution >= 4 is 50.2 Å². The quantitative estimate of drug-likeness (QED) is 0.119. The summed E-state index contributed by atoms with van der Waals surface area (Å²) in [6.07, 6.45) is 7.56. The number of carbonyl (C=O) groups is 2. The van der Waals surface area contributed by atoms with E-state index in [-0.39, 0.29) is 16.9 Å². The molecule has 0 spiro atoms. The Morgan fingerprint density at radius 2 is 1.31 bits per heavy atom. The molecule has 2 aliphatic heterocycles. The van der Waals surface area contributed by atoms with Crippen LogP contribution < -0.4 is 4.90 Å². The highest BCUT2D eigenvalue weighted by atomic mass is 16.3. The molecule has 4 aromatic carbocycles. The highest BCUT2D eigenvalue weighted by molar-refractivity contribution is 6.54. The van der Waals surface area contributed by atoms with Gasteiger partial charge < -0.3 is 10.0 Å². The molecule has 1 N–H and O–H groups in total. The van der Waals surface area contributed by atoms with E-state index in [9.17, 15) is 14.7 Å². The van der Waals surface area contributed by atoms with Crippen LogP contribution in [0.2, 0.25) is 0 Å². The van der Waals surface area contributed by atoms with Crippen LogP contribution in [-0.4, -0.2) is 40.0 Å². The molecule has 3 aliphatic rings. The molecule has 0 aromatic heterocycles. The van der Waals surface area contributed by atoms with Crippen LogP contribution >= 0.6 is 0 Å². The van der Waals surface area contributed by atoms with Crippen molar-refractivity contribution < 1.29 is 19.3 Å². The number of anilines is 1. The number of aliphatic hydroxyl groups excluding tert-OH is 1. The van der Waals surface area contributed by atoms with E-state index in [1.807, 2.05) is 0 Å². The summed E-state index contributed by atoms with van der Waals surface area (Å²) in [4.78, 5) is 29.8. The summed E-state index contributed by atoms with van der Waals surface area (Å²) >= 11 is 0. The number of carbonyl (C=O) groups excluding carboxylic acids is 2. The lowest BCUT2D eigenvalue weighted by atomic mass is 9.80. The topological polar surface area (TPSA) is 60.6 Å². The van der Waals surface area contributed by atoms with Crippen LogP contribution in [0.25, 0.3) is 21.5 Å². The molecule has 1 aliphatic carbocycles. The van der Waals surface area contributed by atoms with Gasteiger partial charge in [-0.05, 0) is 71.7 Å².